The average Bonchev–Trinajstić information content (AvgIpc) is 2.88. The SMILES string of the molecule is CCCc1cc(C)cc(CCC)c1N=C(C)c1cc(C)cc(C(C)=Nc2c(CCC)cc(C)cc2CCC)n1.[Cl-].[Cl-].[Co+2]. The van der Waals surface area contributed by atoms with Crippen molar-refractivity contribution in [2.24, 2.45) is 9.98 Å². The van der Waals surface area contributed by atoms with Gasteiger partial charge < -0.3 is 24.8 Å². The molecule has 0 aliphatic rings. The molecule has 3 rings (SSSR count). The van der Waals surface area contributed by atoms with Gasteiger partial charge in [-0.05, 0) is 100 Å². The molecule has 3 aromatic rings. The number of hydrogen-bond donors (Lipinski definition) is 0. The van der Waals surface area contributed by atoms with Gasteiger partial charge in [-0.1, -0.05) is 88.8 Å². The van der Waals surface area contributed by atoms with Gasteiger partial charge in [0.1, 0.15) is 0 Å². The van der Waals surface area contributed by atoms with E-state index in [1.807, 2.05) is 0 Å². The Morgan fingerprint density at radius 1 is 0.524 bits per heavy atom. The molecule has 0 amide bonds. The van der Waals surface area contributed by atoms with Crippen molar-refractivity contribution in [3.63, 3.8) is 0 Å². The first-order chi connectivity index (χ1) is 18.7. The molecule has 0 bridgehead atoms. The van der Waals surface area contributed by atoms with E-state index in [0.29, 0.717) is 0 Å². The minimum absolute atomic E-state index is 0. The molecule has 0 aliphatic heterocycles. The van der Waals surface area contributed by atoms with Crippen LogP contribution in [-0.4, -0.2) is 16.4 Å². The van der Waals surface area contributed by atoms with Crippen LogP contribution < -0.4 is 24.8 Å². The van der Waals surface area contributed by atoms with E-state index >= 15 is 0 Å². The smallest absolute Gasteiger partial charge is 1.00 e. The van der Waals surface area contributed by atoms with Crippen molar-refractivity contribution in [1.29, 1.82) is 0 Å². The molecule has 0 saturated carbocycles. The van der Waals surface area contributed by atoms with Crippen LogP contribution in [0.4, 0.5) is 11.4 Å². The molecular weight excluding hydrogens is 604 g/mol. The van der Waals surface area contributed by atoms with Gasteiger partial charge in [-0.25, -0.2) is 4.98 Å². The van der Waals surface area contributed by atoms with Crippen LogP contribution in [0.5, 0.6) is 0 Å². The van der Waals surface area contributed by atoms with Crippen molar-refractivity contribution in [2.75, 3.05) is 0 Å². The predicted octanol–water partition coefficient (Wildman–Crippen LogP) is 4.10. The molecule has 42 heavy (non-hydrogen) atoms. The number of aliphatic imine (C=N–C) groups is 2. The monoisotopic (exact) mass is 652 g/mol. The number of hydrogen-bond acceptors (Lipinski definition) is 3. The maximum Gasteiger partial charge on any atom is 2.00 e. The Morgan fingerprint density at radius 2 is 0.786 bits per heavy atom. The van der Waals surface area contributed by atoms with Crippen LogP contribution in [0.25, 0.3) is 0 Å². The van der Waals surface area contributed by atoms with E-state index in [9.17, 15) is 0 Å². The van der Waals surface area contributed by atoms with Crippen molar-refractivity contribution in [3.8, 4) is 0 Å². The maximum absolute atomic E-state index is 5.23. The molecule has 0 spiro atoms. The largest absolute Gasteiger partial charge is 2.00 e. The molecule has 3 nitrogen and oxygen atoms in total. The summed E-state index contributed by atoms with van der Waals surface area (Å²) in [6.07, 6.45) is 8.60. The van der Waals surface area contributed by atoms with Gasteiger partial charge in [-0.2, -0.15) is 0 Å². The molecule has 0 atom stereocenters. The summed E-state index contributed by atoms with van der Waals surface area (Å²) in [5.41, 5.74) is 15.3. The third kappa shape index (κ3) is 10.6. The van der Waals surface area contributed by atoms with Crippen LogP contribution in [0.3, 0.4) is 0 Å². The zero-order valence-corrected chi connectivity index (χ0v) is 29.6. The summed E-state index contributed by atoms with van der Waals surface area (Å²) >= 11 is 0. The Balaban J connectivity index is 0.00000560. The van der Waals surface area contributed by atoms with Crippen LogP contribution in [0.2, 0.25) is 0 Å². The first-order valence-electron chi connectivity index (χ1n) is 15.0. The molecule has 0 saturated heterocycles. The second kappa shape index (κ2) is 19.3. The zero-order chi connectivity index (χ0) is 28.5. The molecule has 1 radical (unpaired) electrons. The Hall–Kier alpha value is -1.98. The minimum atomic E-state index is 0. The summed E-state index contributed by atoms with van der Waals surface area (Å²) in [5, 5.41) is 0. The van der Waals surface area contributed by atoms with Crippen LogP contribution in [0.1, 0.15) is 118 Å². The van der Waals surface area contributed by atoms with Gasteiger partial charge in [0.15, 0.2) is 0 Å². The van der Waals surface area contributed by atoms with Crippen LogP contribution in [0.15, 0.2) is 46.4 Å². The summed E-state index contributed by atoms with van der Waals surface area (Å²) in [7, 11) is 0. The number of benzene rings is 2. The molecular formula is C36H49Cl2CoN3. The topological polar surface area (TPSA) is 37.6 Å². The van der Waals surface area contributed by atoms with Gasteiger partial charge in [0.05, 0.1) is 34.2 Å². The summed E-state index contributed by atoms with van der Waals surface area (Å²) in [6, 6.07) is 13.5. The van der Waals surface area contributed by atoms with Crippen molar-refractivity contribution in [1.82, 2.24) is 4.98 Å². The number of rotatable bonds is 12. The van der Waals surface area contributed by atoms with Gasteiger partial charge in [-0.15, -0.1) is 0 Å². The second-order valence-corrected chi connectivity index (χ2v) is 11.2. The first kappa shape index (κ1) is 40.0. The third-order valence-corrected chi connectivity index (χ3v) is 7.17. The quantitative estimate of drug-likeness (QED) is 0.272. The van der Waals surface area contributed by atoms with E-state index in [0.717, 1.165) is 85.6 Å². The Kier molecular flexibility index (Phi) is 18.4. The fraction of sp³-hybridized carbons (Fsp3) is 0.472. The number of halogens is 2. The van der Waals surface area contributed by atoms with Crippen LogP contribution in [0, 0.1) is 20.8 Å². The van der Waals surface area contributed by atoms with E-state index in [4.69, 9.17) is 15.0 Å². The fourth-order valence-electron chi connectivity index (χ4n) is 5.48. The van der Waals surface area contributed by atoms with Crippen LogP contribution in [-0.2, 0) is 42.5 Å². The van der Waals surface area contributed by atoms with E-state index in [-0.39, 0.29) is 41.6 Å². The third-order valence-electron chi connectivity index (χ3n) is 7.17. The zero-order valence-electron chi connectivity index (χ0n) is 27.1. The van der Waals surface area contributed by atoms with E-state index < -0.39 is 0 Å². The Morgan fingerprint density at radius 3 is 1.05 bits per heavy atom. The van der Waals surface area contributed by atoms with Gasteiger partial charge in [-0.3, -0.25) is 9.98 Å². The summed E-state index contributed by atoms with van der Waals surface area (Å²) < 4.78 is 0. The molecule has 1 heterocycles. The van der Waals surface area contributed by atoms with E-state index in [1.54, 1.807) is 0 Å². The van der Waals surface area contributed by atoms with Gasteiger partial charge >= 0.3 is 16.8 Å². The standard InChI is InChI=1S/C36H49N3.2ClH.Co/c1-10-14-29-18-24(5)19-30(15-11-2)35(29)37-27(8)33-22-26(7)23-34(39-33)28(9)38-36-31(16-12-3)20-25(6)21-32(36)17-13-4;;;/h18-23H,10-17H2,1-9H3;2*1H;/q;;;+2/p-2. The normalized spacial score (nSPS) is 11.5. The number of pyridine rings is 1. The van der Waals surface area contributed by atoms with E-state index in [2.05, 4.69) is 98.7 Å². The molecule has 0 N–H and O–H groups in total. The number of aryl methyl sites for hydroxylation is 7. The van der Waals surface area contributed by atoms with Crippen molar-refractivity contribution >= 4 is 22.8 Å². The average molecular weight is 654 g/mol. The molecule has 0 fully saturated rings. The maximum atomic E-state index is 5.23. The predicted molar refractivity (Wildman–Crippen MR) is 171 cm³/mol. The van der Waals surface area contributed by atoms with Gasteiger partial charge in [0.2, 0.25) is 0 Å². The molecule has 6 heteroatoms. The summed E-state index contributed by atoms with van der Waals surface area (Å²) in [4.78, 5) is 15.6. The molecule has 1 aromatic heterocycles. The minimum Gasteiger partial charge on any atom is -1.00 e. The molecule has 0 unspecified atom stereocenters. The molecule has 2 aromatic carbocycles. The Labute approximate surface area is 278 Å². The summed E-state index contributed by atoms with van der Waals surface area (Å²) in [6.45, 7) is 19.7. The number of nitrogens with zero attached hydrogens (tertiary/aromatic N) is 3. The van der Waals surface area contributed by atoms with Crippen molar-refractivity contribution in [2.45, 2.75) is 114 Å². The van der Waals surface area contributed by atoms with Crippen LogP contribution >= 0.6 is 0 Å². The van der Waals surface area contributed by atoms with Crippen molar-refractivity contribution < 1.29 is 41.6 Å². The summed E-state index contributed by atoms with van der Waals surface area (Å²) in [5.74, 6) is 0. The van der Waals surface area contributed by atoms with Gasteiger partial charge in [0, 0.05) is 0 Å². The first-order valence-corrected chi connectivity index (χ1v) is 15.0. The van der Waals surface area contributed by atoms with Gasteiger partial charge in [0.25, 0.3) is 0 Å². The van der Waals surface area contributed by atoms with E-state index in [1.165, 1.54) is 38.9 Å². The molecule has 0 aliphatic carbocycles. The number of aromatic nitrogens is 1. The molecule has 231 valence electrons. The second-order valence-electron chi connectivity index (χ2n) is 11.2. The Bertz CT molecular complexity index is 1210. The fourth-order valence-corrected chi connectivity index (χ4v) is 5.48. The van der Waals surface area contributed by atoms with Crippen molar-refractivity contribution in [3.05, 3.63) is 86.7 Å².